The van der Waals surface area contributed by atoms with Crippen LogP contribution in [0.5, 0.6) is 0 Å². The molecule has 4 rings (SSSR count). The number of nitrogens with two attached hydrogens (primary N) is 2. The summed E-state index contributed by atoms with van der Waals surface area (Å²) in [4.78, 5) is 38.6. The van der Waals surface area contributed by atoms with Gasteiger partial charge >= 0.3 is 6.03 Å². The molecular weight excluding hydrogens is 348 g/mol. The third-order valence-corrected chi connectivity index (χ3v) is 5.09. The Morgan fingerprint density at radius 2 is 1.89 bits per heavy atom. The quantitative estimate of drug-likeness (QED) is 0.548. The molecule has 3 amide bonds. The SMILES string of the molecule is Cc1nc(N)nc(N2CCC3(CC2)NC(=O)NC3=O)c1-c1ccc(N)nc1. The maximum absolute atomic E-state index is 12.2. The Morgan fingerprint density at radius 3 is 2.48 bits per heavy atom. The highest BCUT2D eigenvalue weighted by Crippen LogP contribution is 2.35. The fourth-order valence-electron chi connectivity index (χ4n) is 3.68. The molecule has 0 aromatic carbocycles. The fraction of sp³-hybridized carbons (Fsp3) is 0.353. The molecule has 10 heteroatoms. The first kappa shape index (κ1) is 17.0. The van der Waals surface area contributed by atoms with Gasteiger partial charge in [-0.15, -0.1) is 0 Å². The Bertz CT molecular complexity index is 919. The largest absolute Gasteiger partial charge is 0.384 e. The van der Waals surface area contributed by atoms with Crippen molar-refractivity contribution < 1.29 is 9.59 Å². The third-order valence-electron chi connectivity index (χ3n) is 5.09. The van der Waals surface area contributed by atoms with Crippen molar-refractivity contribution in [2.24, 2.45) is 0 Å². The van der Waals surface area contributed by atoms with Crippen molar-refractivity contribution in [1.29, 1.82) is 0 Å². The summed E-state index contributed by atoms with van der Waals surface area (Å²) >= 11 is 0. The number of nitrogens with zero attached hydrogens (tertiary/aromatic N) is 4. The van der Waals surface area contributed by atoms with E-state index in [1.165, 1.54) is 0 Å². The lowest BCUT2D eigenvalue weighted by molar-refractivity contribution is -0.124. The van der Waals surface area contributed by atoms with E-state index in [-0.39, 0.29) is 11.9 Å². The highest BCUT2D eigenvalue weighted by Gasteiger charge is 2.48. The molecule has 10 nitrogen and oxygen atoms in total. The number of anilines is 3. The molecule has 6 N–H and O–H groups in total. The number of nitrogens with one attached hydrogen (secondary N) is 2. The number of rotatable bonds is 2. The van der Waals surface area contributed by atoms with Crippen LogP contribution in [0.15, 0.2) is 18.3 Å². The number of urea groups is 1. The molecule has 4 heterocycles. The van der Waals surface area contributed by atoms with E-state index in [0.717, 1.165) is 16.8 Å². The average molecular weight is 368 g/mol. The number of hydrogen-bond acceptors (Lipinski definition) is 8. The first-order valence-corrected chi connectivity index (χ1v) is 8.62. The second-order valence-electron chi connectivity index (χ2n) is 6.81. The number of aryl methyl sites for hydroxylation is 1. The molecule has 2 saturated heterocycles. The number of imide groups is 1. The minimum Gasteiger partial charge on any atom is -0.384 e. The summed E-state index contributed by atoms with van der Waals surface area (Å²) < 4.78 is 0. The highest BCUT2D eigenvalue weighted by molar-refractivity contribution is 6.07. The number of aromatic nitrogens is 3. The maximum atomic E-state index is 12.2. The number of carbonyl (C=O) groups is 2. The van der Waals surface area contributed by atoms with Crippen LogP contribution in [0.25, 0.3) is 11.1 Å². The van der Waals surface area contributed by atoms with E-state index in [1.54, 1.807) is 12.3 Å². The molecule has 2 aliphatic rings. The molecule has 140 valence electrons. The van der Waals surface area contributed by atoms with Gasteiger partial charge in [-0.1, -0.05) is 0 Å². The lowest BCUT2D eigenvalue weighted by atomic mass is 9.87. The summed E-state index contributed by atoms with van der Waals surface area (Å²) in [5.74, 6) is 1.03. The van der Waals surface area contributed by atoms with Gasteiger partial charge in [0.05, 0.1) is 5.69 Å². The molecule has 2 fully saturated rings. The van der Waals surface area contributed by atoms with E-state index in [4.69, 9.17) is 11.5 Å². The average Bonchev–Trinajstić information content (AvgIpc) is 2.89. The summed E-state index contributed by atoms with van der Waals surface area (Å²) in [6.07, 6.45) is 2.64. The first-order valence-electron chi connectivity index (χ1n) is 8.62. The van der Waals surface area contributed by atoms with Gasteiger partial charge in [-0.05, 0) is 31.9 Å². The van der Waals surface area contributed by atoms with Gasteiger partial charge in [0.15, 0.2) is 0 Å². The predicted octanol–water partition coefficient (Wildman–Crippen LogP) is 0.190. The van der Waals surface area contributed by atoms with Crippen LogP contribution in [0, 0.1) is 6.92 Å². The fourth-order valence-corrected chi connectivity index (χ4v) is 3.68. The summed E-state index contributed by atoms with van der Waals surface area (Å²) in [5, 5.41) is 5.08. The monoisotopic (exact) mass is 368 g/mol. The zero-order chi connectivity index (χ0) is 19.2. The van der Waals surface area contributed by atoms with Crippen LogP contribution in [0.1, 0.15) is 18.5 Å². The van der Waals surface area contributed by atoms with Crippen molar-refractivity contribution in [3.8, 4) is 11.1 Å². The van der Waals surface area contributed by atoms with E-state index >= 15 is 0 Å². The van der Waals surface area contributed by atoms with Gasteiger partial charge in [0.1, 0.15) is 17.2 Å². The standard InChI is InChI=1S/C17H20N8O2/c1-9-12(10-2-3-11(18)20-8-10)13(22-15(19)21-9)25-6-4-17(5-7-25)14(26)23-16(27)24-17/h2-3,8H,4-7H2,1H3,(H2,18,20)(H2,19,21,22)(H2,23,24,26,27). The highest BCUT2D eigenvalue weighted by atomic mass is 16.2. The first-order chi connectivity index (χ1) is 12.9. The van der Waals surface area contributed by atoms with Gasteiger partial charge in [0.25, 0.3) is 5.91 Å². The van der Waals surface area contributed by atoms with Crippen LogP contribution < -0.4 is 27.0 Å². The molecule has 2 aromatic rings. The zero-order valence-electron chi connectivity index (χ0n) is 14.8. The molecule has 0 radical (unpaired) electrons. The van der Waals surface area contributed by atoms with Crippen molar-refractivity contribution in [1.82, 2.24) is 25.6 Å². The third kappa shape index (κ3) is 2.88. The van der Waals surface area contributed by atoms with Crippen LogP contribution in [-0.2, 0) is 4.79 Å². The van der Waals surface area contributed by atoms with E-state index in [1.807, 2.05) is 13.0 Å². The van der Waals surface area contributed by atoms with Crippen molar-refractivity contribution in [2.75, 3.05) is 29.5 Å². The summed E-state index contributed by atoms with van der Waals surface area (Å²) in [5.41, 5.74) is 13.1. The van der Waals surface area contributed by atoms with E-state index < -0.39 is 11.6 Å². The minimum absolute atomic E-state index is 0.182. The Kier molecular flexibility index (Phi) is 3.83. The molecular formula is C17H20N8O2. The van der Waals surface area contributed by atoms with Gasteiger partial charge in [0, 0.05) is 30.4 Å². The second kappa shape index (κ2) is 6.08. The second-order valence-corrected chi connectivity index (χ2v) is 6.81. The van der Waals surface area contributed by atoms with Crippen LogP contribution >= 0.6 is 0 Å². The molecule has 0 saturated carbocycles. The Morgan fingerprint density at radius 1 is 1.15 bits per heavy atom. The molecule has 2 aliphatic heterocycles. The molecule has 1 spiro atoms. The summed E-state index contributed by atoms with van der Waals surface area (Å²) in [6.45, 7) is 2.95. The smallest absolute Gasteiger partial charge is 0.322 e. The van der Waals surface area contributed by atoms with Crippen molar-refractivity contribution in [2.45, 2.75) is 25.3 Å². The molecule has 0 atom stereocenters. The Labute approximate surface area is 155 Å². The van der Waals surface area contributed by atoms with Gasteiger partial charge in [-0.3, -0.25) is 10.1 Å². The molecule has 0 unspecified atom stereocenters. The number of piperidine rings is 1. The van der Waals surface area contributed by atoms with Crippen LogP contribution in [0.4, 0.5) is 22.4 Å². The molecule has 0 bridgehead atoms. The molecule has 27 heavy (non-hydrogen) atoms. The van der Waals surface area contributed by atoms with Gasteiger partial charge in [-0.2, -0.15) is 4.98 Å². The number of hydrogen-bond donors (Lipinski definition) is 4. The zero-order valence-corrected chi connectivity index (χ0v) is 14.8. The van der Waals surface area contributed by atoms with Crippen LogP contribution in [0.3, 0.4) is 0 Å². The minimum atomic E-state index is -0.843. The van der Waals surface area contributed by atoms with Crippen LogP contribution in [0.2, 0.25) is 0 Å². The van der Waals surface area contributed by atoms with Gasteiger partial charge < -0.3 is 21.7 Å². The topological polar surface area (TPSA) is 152 Å². The van der Waals surface area contributed by atoms with Gasteiger partial charge in [-0.25, -0.2) is 14.8 Å². The van der Waals surface area contributed by atoms with E-state index in [9.17, 15) is 9.59 Å². The van der Waals surface area contributed by atoms with Crippen molar-refractivity contribution >= 4 is 29.5 Å². The maximum Gasteiger partial charge on any atom is 0.322 e. The number of carbonyl (C=O) groups excluding carboxylic acids is 2. The number of amides is 3. The van der Waals surface area contributed by atoms with Crippen molar-refractivity contribution in [3.63, 3.8) is 0 Å². The van der Waals surface area contributed by atoms with E-state index in [2.05, 4.69) is 30.5 Å². The van der Waals surface area contributed by atoms with Gasteiger partial charge in [0.2, 0.25) is 5.95 Å². The number of pyridine rings is 1. The lowest BCUT2D eigenvalue weighted by Gasteiger charge is -2.38. The lowest BCUT2D eigenvalue weighted by Crippen LogP contribution is -2.55. The number of nitrogen functional groups attached to an aromatic ring is 2. The summed E-state index contributed by atoms with van der Waals surface area (Å²) in [7, 11) is 0. The summed E-state index contributed by atoms with van der Waals surface area (Å²) in [6, 6.07) is 3.15. The van der Waals surface area contributed by atoms with Crippen molar-refractivity contribution in [3.05, 3.63) is 24.0 Å². The Hall–Kier alpha value is -3.43. The molecule has 0 aliphatic carbocycles. The Balaban J connectivity index is 1.67. The van der Waals surface area contributed by atoms with Crippen LogP contribution in [-0.4, -0.2) is 45.5 Å². The predicted molar refractivity (Wildman–Crippen MR) is 99.7 cm³/mol. The normalized spacial score (nSPS) is 18.5. The van der Waals surface area contributed by atoms with E-state index in [0.29, 0.717) is 37.6 Å². The molecule has 2 aromatic heterocycles.